The van der Waals surface area contributed by atoms with Crippen LogP contribution in [0, 0.1) is 24.7 Å². The number of carbonyl (C=O) groups excluding carboxylic acids is 1. The maximum atomic E-state index is 12.5. The lowest BCUT2D eigenvalue weighted by Crippen LogP contribution is -2.40. The second kappa shape index (κ2) is 7.59. The number of nitrogens with one attached hydrogen (secondary N) is 1. The summed E-state index contributed by atoms with van der Waals surface area (Å²) in [5.41, 5.74) is 0.965. The number of carbonyl (C=O) groups is 1. The Balaban J connectivity index is 1.32. The van der Waals surface area contributed by atoms with Gasteiger partial charge in [-0.3, -0.25) is 4.79 Å². The maximum absolute atomic E-state index is 12.5. The molecule has 2 bridgehead atoms. The van der Waals surface area contributed by atoms with E-state index in [0.717, 1.165) is 23.1 Å². The Hall–Kier alpha value is -1.94. The number of amides is 1. The molecule has 4 atom stereocenters. The average molecular weight is 388 g/mol. The molecule has 4 unspecified atom stereocenters. The number of fused-ring (bicyclic) bond motifs is 2. The predicted octanol–water partition coefficient (Wildman–Crippen LogP) is 5.37. The standard InChI is InChI=1S/C22H26ClNO3/c1-13-9-17(23)5-7-20(13)26-12-18-6-8-21(27-18)22(25)24-14(2)19-11-15-3-4-16(19)10-15/h5-9,14-16,19H,3-4,10-12H2,1-2H3,(H,24,25). The van der Waals surface area contributed by atoms with Gasteiger partial charge in [-0.15, -0.1) is 0 Å². The molecule has 0 radical (unpaired) electrons. The van der Waals surface area contributed by atoms with E-state index in [1.165, 1.54) is 25.7 Å². The molecule has 4 rings (SSSR count). The third-order valence-electron chi connectivity index (χ3n) is 6.19. The molecule has 5 heteroatoms. The second-order valence-electron chi connectivity index (χ2n) is 8.07. The molecule has 2 aromatic rings. The van der Waals surface area contributed by atoms with Crippen molar-refractivity contribution in [2.75, 3.05) is 0 Å². The molecule has 1 aromatic carbocycles. The molecule has 144 valence electrons. The molecule has 2 aliphatic rings. The van der Waals surface area contributed by atoms with Crippen LogP contribution in [0.25, 0.3) is 0 Å². The molecule has 0 spiro atoms. The second-order valence-corrected chi connectivity index (χ2v) is 8.50. The van der Waals surface area contributed by atoms with E-state index in [2.05, 4.69) is 12.2 Å². The summed E-state index contributed by atoms with van der Waals surface area (Å²) in [7, 11) is 0. The zero-order chi connectivity index (χ0) is 19.0. The van der Waals surface area contributed by atoms with Gasteiger partial charge in [0, 0.05) is 11.1 Å². The predicted molar refractivity (Wildman–Crippen MR) is 105 cm³/mol. The summed E-state index contributed by atoms with van der Waals surface area (Å²) in [6, 6.07) is 9.19. The zero-order valence-corrected chi connectivity index (χ0v) is 16.6. The number of ether oxygens (including phenoxy) is 1. The molecule has 0 saturated heterocycles. The van der Waals surface area contributed by atoms with Crippen LogP contribution in [0.15, 0.2) is 34.7 Å². The highest BCUT2D eigenvalue weighted by Gasteiger charge is 2.42. The van der Waals surface area contributed by atoms with Crippen LogP contribution in [0.1, 0.15) is 54.5 Å². The smallest absolute Gasteiger partial charge is 0.287 e. The number of benzene rings is 1. The Morgan fingerprint density at radius 1 is 1.30 bits per heavy atom. The molecule has 1 aromatic heterocycles. The van der Waals surface area contributed by atoms with E-state index in [1.54, 1.807) is 18.2 Å². The summed E-state index contributed by atoms with van der Waals surface area (Å²) in [5.74, 6) is 3.86. The molecular formula is C22H26ClNO3. The molecule has 2 fully saturated rings. The molecular weight excluding hydrogens is 362 g/mol. The Morgan fingerprint density at radius 2 is 2.15 bits per heavy atom. The van der Waals surface area contributed by atoms with Crippen molar-refractivity contribution in [3.63, 3.8) is 0 Å². The van der Waals surface area contributed by atoms with Gasteiger partial charge in [0.15, 0.2) is 5.76 Å². The largest absolute Gasteiger partial charge is 0.485 e. The van der Waals surface area contributed by atoms with Crippen LogP contribution in [-0.4, -0.2) is 11.9 Å². The first kappa shape index (κ1) is 18.4. The van der Waals surface area contributed by atoms with Crippen molar-refractivity contribution in [1.82, 2.24) is 5.32 Å². The fourth-order valence-electron chi connectivity index (χ4n) is 4.79. The van der Waals surface area contributed by atoms with Gasteiger partial charge in [-0.25, -0.2) is 0 Å². The van der Waals surface area contributed by atoms with Gasteiger partial charge in [-0.1, -0.05) is 18.0 Å². The van der Waals surface area contributed by atoms with Crippen molar-refractivity contribution < 1.29 is 13.9 Å². The van der Waals surface area contributed by atoms with Crippen molar-refractivity contribution in [2.45, 2.75) is 52.2 Å². The van der Waals surface area contributed by atoms with E-state index < -0.39 is 0 Å². The molecule has 2 saturated carbocycles. The van der Waals surface area contributed by atoms with Crippen LogP contribution in [0.3, 0.4) is 0 Å². The summed E-state index contributed by atoms with van der Waals surface area (Å²) >= 11 is 5.96. The first-order chi connectivity index (χ1) is 13.0. The van der Waals surface area contributed by atoms with Gasteiger partial charge in [0.05, 0.1) is 0 Å². The van der Waals surface area contributed by atoms with Gasteiger partial charge < -0.3 is 14.5 Å². The monoisotopic (exact) mass is 387 g/mol. The van der Waals surface area contributed by atoms with E-state index in [0.29, 0.717) is 22.5 Å². The number of hydrogen-bond acceptors (Lipinski definition) is 3. The van der Waals surface area contributed by atoms with Crippen LogP contribution in [-0.2, 0) is 6.61 Å². The minimum absolute atomic E-state index is 0.140. The van der Waals surface area contributed by atoms with Crippen LogP contribution >= 0.6 is 11.6 Å². The van der Waals surface area contributed by atoms with Crippen LogP contribution in [0.2, 0.25) is 5.02 Å². The average Bonchev–Trinajstić information content (AvgIpc) is 3.37. The van der Waals surface area contributed by atoms with Gasteiger partial charge in [-0.2, -0.15) is 0 Å². The minimum Gasteiger partial charge on any atom is -0.485 e. The first-order valence-electron chi connectivity index (χ1n) is 9.78. The number of hydrogen-bond donors (Lipinski definition) is 1. The zero-order valence-electron chi connectivity index (χ0n) is 15.8. The van der Waals surface area contributed by atoms with Crippen LogP contribution in [0.5, 0.6) is 5.75 Å². The molecule has 27 heavy (non-hydrogen) atoms. The molecule has 0 aliphatic heterocycles. The lowest BCUT2D eigenvalue weighted by atomic mass is 9.84. The van der Waals surface area contributed by atoms with E-state index in [9.17, 15) is 4.79 Å². The van der Waals surface area contributed by atoms with Gasteiger partial charge in [0.25, 0.3) is 5.91 Å². The highest BCUT2D eigenvalue weighted by Crippen LogP contribution is 2.49. The van der Waals surface area contributed by atoms with Crippen molar-refractivity contribution in [3.05, 3.63) is 52.4 Å². The van der Waals surface area contributed by atoms with Crippen LogP contribution in [0.4, 0.5) is 0 Å². The molecule has 2 aliphatic carbocycles. The van der Waals surface area contributed by atoms with Gasteiger partial charge in [0.2, 0.25) is 0 Å². The van der Waals surface area contributed by atoms with Gasteiger partial charge >= 0.3 is 0 Å². The minimum atomic E-state index is -0.140. The summed E-state index contributed by atoms with van der Waals surface area (Å²) < 4.78 is 11.5. The SMILES string of the molecule is Cc1cc(Cl)ccc1OCc1ccc(C(=O)NC(C)C2CC3CCC2C3)o1. The summed E-state index contributed by atoms with van der Waals surface area (Å²) in [6.45, 7) is 4.34. The summed E-state index contributed by atoms with van der Waals surface area (Å²) in [6.07, 6.45) is 5.29. The van der Waals surface area contributed by atoms with E-state index in [1.807, 2.05) is 19.1 Å². The lowest BCUT2D eigenvalue weighted by molar-refractivity contribution is 0.0883. The molecule has 1 heterocycles. The van der Waals surface area contributed by atoms with Crippen molar-refractivity contribution >= 4 is 17.5 Å². The number of furan rings is 1. The fraction of sp³-hybridized carbons (Fsp3) is 0.500. The van der Waals surface area contributed by atoms with Crippen LogP contribution < -0.4 is 10.1 Å². The Bertz CT molecular complexity index is 831. The lowest BCUT2D eigenvalue weighted by Gasteiger charge is -2.28. The highest BCUT2D eigenvalue weighted by atomic mass is 35.5. The van der Waals surface area contributed by atoms with E-state index in [-0.39, 0.29) is 18.6 Å². The Labute approximate surface area is 165 Å². The van der Waals surface area contributed by atoms with Crippen molar-refractivity contribution in [3.8, 4) is 5.75 Å². The van der Waals surface area contributed by atoms with Crippen molar-refractivity contribution in [2.24, 2.45) is 17.8 Å². The third kappa shape index (κ3) is 4.01. The van der Waals surface area contributed by atoms with Gasteiger partial charge in [-0.05, 0) is 86.8 Å². The number of halogens is 1. The maximum Gasteiger partial charge on any atom is 0.287 e. The molecule has 1 N–H and O–H groups in total. The number of aryl methyl sites for hydroxylation is 1. The van der Waals surface area contributed by atoms with E-state index >= 15 is 0 Å². The molecule has 4 nitrogen and oxygen atoms in total. The van der Waals surface area contributed by atoms with Gasteiger partial charge in [0.1, 0.15) is 18.1 Å². The normalized spacial score (nSPS) is 24.8. The third-order valence-corrected chi connectivity index (χ3v) is 6.42. The topological polar surface area (TPSA) is 51.5 Å². The fourth-order valence-corrected chi connectivity index (χ4v) is 5.02. The highest BCUT2D eigenvalue weighted by molar-refractivity contribution is 6.30. The quantitative estimate of drug-likeness (QED) is 0.724. The first-order valence-corrected chi connectivity index (χ1v) is 10.2. The number of rotatable bonds is 6. The van der Waals surface area contributed by atoms with Crippen molar-refractivity contribution in [1.29, 1.82) is 0 Å². The molecule has 1 amide bonds. The Kier molecular flexibility index (Phi) is 5.18. The summed E-state index contributed by atoms with van der Waals surface area (Å²) in [5, 5.41) is 3.82. The Morgan fingerprint density at radius 3 is 2.85 bits per heavy atom. The van der Waals surface area contributed by atoms with E-state index in [4.69, 9.17) is 20.8 Å². The summed E-state index contributed by atoms with van der Waals surface area (Å²) in [4.78, 5) is 12.5.